The molecule has 132 valence electrons. The molecule has 0 radical (unpaired) electrons. The lowest BCUT2D eigenvalue weighted by atomic mass is 9.47. The largest absolute Gasteiger partial charge is 0.399 e. The number of nitrogens with two attached hydrogens (primary N) is 1. The first-order valence-corrected chi connectivity index (χ1v) is 8.82. The summed E-state index contributed by atoms with van der Waals surface area (Å²) < 4.78 is 0. The van der Waals surface area contributed by atoms with E-state index in [9.17, 15) is 20.6 Å². The number of nitrogens with zero attached hydrogens (tertiary/aromatic N) is 3. The molecule has 3 atom stereocenters. The fraction of sp³-hybridized carbons (Fsp3) is 0.333. The Morgan fingerprint density at radius 1 is 1.22 bits per heavy atom. The second kappa shape index (κ2) is 5.47. The highest BCUT2D eigenvalue weighted by Crippen LogP contribution is 2.63. The lowest BCUT2D eigenvalue weighted by molar-refractivity contribution is -0.125. The van der Waals surface area contributed by atoms with Crippen molar-refractivity contribution in [2.45, 2.75) is 25.2 Å². The summed E-state index contributed by atoms with van der Waals surface area (Å²) in [4.78, 5) is 13.4. The normalized spacial score (nSPS) is 30.3. The maximum absolute atomic E-state index is 13.4. The lowest BCUT2D eigenvalue weighted by Gasteiger charge is -2.50. The molecule has 2 aliphatic carbocycles. The molecule has 27 heavy (non-hydrogen) atoms. The van der Waals surface area contributed by atoms with Gasteiger partial charge in [0.1, 0.15) is 11.5 Å². The van der Waals surface area contributed by atoms with Crippen molar-refractivity contribution in [3.8, 4) is 18.2 Å². The minimum Gasteiger partial charge on any atom is -0.399 e. The summed E-state index contributed by atoms with van der Waals surface area (Å²) in [5, 5.41) is 32.9. The summed E-state index contributed by atoms with van der Waals surface area (Å²) >= 11 is 0. The topological polar surface area (TPSA) is 126 Å². The lowest BCUT2D eigenvalue weighted by Crippen LogP contribution is -2.60. The van der Waals surface area contributed by atoms with Crippen molar-refractivity contribution >= 4 is 11.6 Å². The molecule has 1 spiro atoms. The fourth-order valence-electron chi connectivity index (χ4n) is 5.04. The third-order valence-corrected chi connectivity index (χ3v) is 6.24. The highest BCUT2D eigenvalue weighted by atomic mass is 16.2. The molecule has 6 nitrogen and oxygen atoms in total. The summed E-state index contributed by atoms with van der Waals surface area (Å²) in [6.07, 6.45) is 3.30. The molecule has 0 bridgehead atoms. The Labute approximate surface area is 157 Å². The van der Waals surface area contributed by atoms with Crippen LogP contribution in [0.3, 0.4) is 0 Å². The molecule has 3 unspecified atom stereocenters. The smallest absolute Gasteiger partial charge is 0.238 e. The number of hydrogen-bond donors (Lipinski definition) is 2. The predicted molar refractivity (Wildman–Crippen MR) is 97.2 cm³/mol. The molecule has 1 heterocycles. The number of carbonyl (C=O) groups is 1. The van der Waals surface area contributed by atoms with Crippen LogP contribution >= 0.6 is 0 Å². The van der Waals surface area contributed by atoms with Gasteiger partial charge in [-0.3, -0.25) is 4.79 Å². The van der Waals surface area contributed by atoms with Crippen LogP contribution < -0.4 is 11.1 Å². The van der Waals surface area contributed by atoms with E-state index in [0.717, 1.165) is 6.42 Å². The molecule has 0 aromatic heterocycles. The second-order valence-corrected chi connectivity index (χ2v) is 7.47. The molecule has 1 aromatic rings. The van der Waals surface area contributed by atoms with Crippen LogP contribution in [0.2, 0.25) is 0 Å². The molecule has 4 rings (SSSR count). The fourth-order valence-corrected chi connectivity index (χ4v) is 5.04. The summed E-state index contributed by atoms with van der Waals surface area (Å²) in [6.45, 7) is 2.06. The summed E-state index contributed by atoms with van der Waals surface area (Å²) in [5.74, 6) is -0.617. The molecular weight excluding hydrogens is 338 g/mol. The summed E-state index contributed by atoms with van der Waals surface area (Å²) in [6, 6.07) is 13.3. The quantitative estimate of drug-likeness (QED) is 0.739. The highest BCUT2D eigenvalue weighted by Gasteiger charge is 2.71. The summed E-state index contributed by atoms with van der Waals surface area (Å²) in [7, 11) is 0. The summed E-state index contributed by atoms with van der Waals surface area (Å²) in [5.41, 5.74) is 4.78. The van der Waals surface area contributed by atoms with Crippen molar-refractivity contribution in [3.05, 3.63) is 52.7 Å². The van der Waals surface area contributed by atoms with Crippen LogP contribution in [0.1, 0.15) is 25.3 Å². The molecule has 0 saturated heterocycles. The minimum atomic E-state index is -1.95. The number of para-hydroxylation sites is 1. The van der Waals surface area contributed by atoms with Crippen molar-refractivity contribution in [1.82, 2.24) is 0 Å². The number of amides is 1. The minimum absolute atomic E-state index is 0.126. The van der Waals surface area contributed by atoms with Gasteiger partial charge in [0.05, 0.1) is 23.4 Å². The molecular formula is C21H17N5O. The van der Waals surface area contributed by atoms with Gasteiger partial charge in [0.25, 0.3) is 0 Å². The Balaban J connectivity index is 2.20. The number of hydrogen-bond acceptors (Lipinski definition) is 5. The number of allylic oxidation sites excluding steroid dienone is 4. The van der Waals surface area contributed by atoms with E-state index in [4.69, 9.17) is 5.73 Å². The van der Waals surface area contributed by atoms with E-state index in [1.807, 2.05) is 18.2 Å². The molecule has 1 aromatic carbocycles. The van der Waals surface area contributed by atoms with Gasteiger partial charge in [-0.2, -0.15) is 15.8 Å². The van der Waals surface area contributed by atoms with Crippen molar-refractivity contribution in [3.63, 3.8) is 0 Å². The Hall–Kier alpha value is -3.56. The second-order valence-electron chi connectivity index (χ2n) is 7.47. The molecule has 1 aliphatic heterocycles. The van der Waals surface area contributed by atoms with Gasteiger partial charge in [-0.1, -0.05) is 31.2 Å². The molecule has 0 saturated carbocycles. The van der Waals surface area contributed by atoms with Crippen LogP contribution in [0.4, 0.5) is 5.69 Å². The van der Waals surface area contributed by atoms with Gasteiger partial charge in [0.2, 0.25) is 11.3 Å². The van der Waals surface area contributed by atoms with Gasteiger partial charge in [-0.15, -0.1) is 0 Å². The first-order valence-electron chi connectivity index (χ1n) is 8.82. The average Bonchev–Trinajstić information content (AvgIpc) is 2.97. The van der Waals surface area contributed by atoms with Crippen LogP contribution in [0, 0.1) is 51.2 Å². The number of nitrogens with one attached hydrogen (secondary N) is 1. The van der Waals surface area contributed by atoms with Crippen LogP contribution in [-0.2, 0) is 10.2 Å². The van der Waals surface area contributed by atoms with E-state index in [1.165, 1.54) is 0 Å². The van der Waals surface area contributed by atoms with E-state index in [0.29, 0.717) is 23.2 Å². The number of nitriles is 3. The first kappa shape index (κ1) is 16.9. The van der Waals surface area contributed by atoms with E-state index < -0.39 is 22.7 Å². The Kier molecular flexibility index (Phi) is 3.42. The van der Waals surface area contributed by atoms with Gasteiger partial charge >= 0.3 is 0 Å². The van der Waals surface area contributed by atoms with Gasteiger partial charge in [0, 0.05) is 11.6 Å². The van der Waals surface area contributed by atoms with Gasteiger partial charge in [0.15, 0.2) is 0 Å². The van der Waals surface area contributed by atoms with Crippen LogP contribution in [0.25, 0.3) is 0 Å². The van der Waals surface area contributed by atoms with E-state index in [2.05, 4.69) is 18.3 Å². The predicted octanol–water partition coefficient (Wildman–Crippen LogP) is 2.63. The van der Waals surface area contributed by atoms with Gasteiger partial charge in [-0.05, 0) is 36.0 Å². The Morgan fingerprint density at radius 2 is 1.93 bits per heavy atom. The third kappa shape index (κ3) is 1.74. The van der Waals surface area contributed by atoms with E-state index in [1.54, 1.807) is 24.3 Å². The zero-order valence-corrected chi connectivity index (χ0v) is 14.8. The van der Waals surface area contributed by atoms with Crippen molar-refractivity contribution < 1.29 is 4.79 Å². The molecule has 0 fully saturated rings. The molecule has 1 amide bonds. The standard InChI is InChI=1S/C21H17N5O/c1-12-6-7-13-14(9-22)18(25)20(10-23,11-24)21(16(13)8-12)15-4-2-3-5-17(15)26-19(21)27/h2-5,7,12,16H,6,8,25H2,1H3,(H,26,27). The third-order valence-electron chi connectivity index (χ3n) is 6.24. The van der Waals surface area contributed by atoms with Crippen molar-refractivity contribution in [1.29, 1.82) is 15.8 Å². The number of fused-ring (bicyclic) bond motifs is 4. The van der Waals surface area contributed by atoms with Crippen molar-refractivity contribution in [2.24, 2.45) is 23.0 Å². The van der Waals surface area contributed by atoms with Gasteiger partial charge in [-0.25, -0.2) is 0 Å². The number of anilines is 1. The van der Waals surface area contributed by atoms with Crippen molar-refractivity contribution in [2.75, 3.05) is 5.32 Å². The monoisotopic (exact) mass is 355 g/mol. The first-order chi connectivity index (χ1) is 13.0. The van der Waals surface area contributed by atoms with E-state index in [-0.39, 0.29) is 17.2 Å². The number of benzene rings is 1. The van der Waals surface area contributed by atoms with Crippen LogP contribution in [0.15, 0.2) is 47.2 Å². The number of rotatable bonds is 0. The SMILES string of the molecule is CC1CC=C2C(C#N)=C(N)C(C#N)(C#N)C3(C(=O)Nc4ccccc43)C2C1. The Bertz CT molecular complexity index is 1050. The zero-order valence-electron chi connectivity index (χ0n) is 14.8. The van der Waals surface area contributed by atoms with E-state index >= 15 is 0 Å². The molecule has 3 N–H and O–H groups in total. The maximum atomic E-state index is 13.4. The zero-order chi connectivity index (χ0) is 19.4. The molecule has 3 aliphatic rings. The number of carbonyl (C=O) groups excluding carboxylic acids is 1. The van der Waals surface area contributed by atoms with Crippen LogP contribution in [-0.4, -0.2) is 5.91 Å². The van der Waals surface area contributed by atoms with Gasteiger partial charge < -0.3 is 11.1 Å². The maximum Gasteiger partial charge on any atom is 0.238 e. The highest BCUT2D eigenvalue weighted by molar-refractivity contribution is 6.09. The molecule has 6 heteroatoms. The Morgan fingerprint density at radius 3 is 2.59 bits per heavy atom. The average molecular weight is 355 g/mol. The van der Waals surface area contributed by atoms with Crippen LogP contribution in [0.5, 0.6) is 0 Å².